The Morgan fingerprint density at radius 3 is 2.27 bits per heavy atom. The van der Waals surface area contributed by atoms with Gasteiger partial charge in [-0.05, 0) is 27.2 Å². The van der Waals surface area contributed by atoms with Crippen molar-refractivity contribution in [2.75, 3.05) is 19.7 Å². The summed E-state index contributed by atoms with van der Waals surface area (Å²) in [7, 11) is 0. The molecule has 0 aromatic rings. The molecule has 0 fully saturated rings. The second kappa shape index (κ2) is 6.23. The fourth-order valence-electron chi connectivity index (χ4n) is 1.41. The molecule has 0 heterocycles. The first kappa shape index (κ1) is 14.6. The Balaban J connectivity index is 4.33. The number of Topliss-reactive ketones (excluding diaryl/α,β-unsaturated/α-hetero) is 1. The summed E-state index contributed by atoms with van der Waals surface area (Å²) < 4.78 is 0. The maximum Gasteiger partial charge on any atom is 0.136 e. The van der Waals surface area contributed by atoms with E-state index >= 15 is 0 Å². The first-order valence-electron chi connectivity index (χ1n) is 5.67. The average Bonchev–Trinajstić information content (AvgIpc) is 2.11. The highest BCUT2D eigenvalue weighted by atomic mass is 16.3. The third kappa shape index (κ3) is 5.28. The molecule has 15 heavy (non-hydrogen) atoms. The van der Waals surface area contributed by atoms with E-state index in [0.29, 0.717) is 6.04 Å². The lowest BCUT2D eigenvalue weighted by molar-refractivity contribution is -0.126. The topological polar surface area (TPSA) is 40.5 Å². The van der Waals surface area contributed by atoms with Crippen LogP contribution in [0.1, 0.15) is 41.0 Å². The van der Waals surface area contributed by atoms with Crippen molar-refractivity contribution in [1.29, 1.82) is 0 Å². The van der Waals surface area contributed by atoms with Crippen molar-refractivity contribution < 1.29 is 9.90 Å². The quantitative estimate of drug-likeness (QED) is 0.702. The minimum absolute atomic E-state index is 0.212. The summed E-state index contributed by atoms with van der Waals surface area (Å²) in [5.41, 5.74) is -0.292. The highest BCUT2D eigenvalue weighted by Gasteiger charge is 2.27. The van der Waals surface area contributed by atoms with Gasteiger partial charge in [-0.2, -0.15) is 0 Å². The van der Waals surface area contributed by atoms with E-state index in [-0.39, 0.29) is 17.8 Å². The van der Waals surface area contributed by atoms with Crippen LogP contribution in [0.4, 0.5) is 0 Å². The summed E-state index contributed by atoms with van der Waals surface area (Å²) in [6, 6.07) is 0.412. The van der Waals surface area contributed by atoms with Gasteiger partial charge in [-0.1, -0.05) is 13.8 Å². The van der Waals surface area contributed by atoms with E-state index < -0.39 is 0 Å². The summed E-state index contributed by atoms with van der Waals surface area (Å²) in [6.45, 7) is 11.7. The number of aliphatic hydroxyl groups excluding tert-OH is 1. The number of nitrogens with zero attached hydrogens (tertiary/aromatic N) is 1. The van der Waals surface area contributed by atoms with Gasteiger partial charge < -0.3 is 5.11 Å². The number of rotatable bonds is 7. The molecule has 0 aliphatic rings. The van der Waals surface area contributed by atoms with Crippen molar-refractivity contribution in [1.82, 2.24) is 4.90 Å². The molecule has 0 unspecified atom stereocenters. The summed E-state index contributed by atoms with van der Waals surface area (Å²) in [5.74, 6) is 0.220. The molecule has 0 aromatic heterocycles. The van der Waals surface area contributed by atoms with E-state index in [1.807, 2.05) is 13.8 Å². The van der Waals surface area contributed by atoms with Crippen molar-refractivity contribution in [3.8, 4) is 0 Å². The summed E-state index contributed by atoms with van der Waals surface area (Å²) >= 11 is 0. The minimum atomic E-state index is -0.292. The molecule has 0 atom stereocenters. The van der Waals surface area contributed by atoms with Crippen LogP contribution >= 0.6 is 0 Å². The second-order valence-electron chi connectivity index (χ2n) is 5.08. The number of ketones is 1. The zero-order valence-corrected chi connectivity index (χ0v) is 10.7. The predicted molar refractivity (Wildman–Crippen MR) is 62.9 cm³/mol. The van der Waals surface area contributed by atoms with Gasteiger partial charge in [0.05, 0.1) is 0 Å². The van der Waals surface area contributed by atoms with Gasteiger partial charge in [0.15, 0.2) is 0 Å². The van der Waals surface area contributed by atoms with Gasteiger partial charge in [0.25, 0.3) is 0 Å². The van der Waals surface area contributed by atoms with Crippen LogP contribution in [-0.2, 0) is 4.79 Å². The monoisotopic (exact) mass is 215 g/mol. The van der Waals surface area contributed by atoms with Gasteiger partial charge in [0.1, 0.15) is 5.78 Å². The number of aliphatic hydroxyl groups is 1. The number of carbonyl (C=O) groups excluding carboxylic acids is 1. The highest BCUT2D eigenvalue weighted by molar-refractivity contribution is 5.81. The molecule has 0 aliphatic heterocycles. The smallest absolute Gasteiger partial charge is 0.136 e. The van der Waals surface area contributed by atoms with Crippen LogP contribution in [0.3, 0.4) is 0 Å². The first-order chi connectivity index (χ1) is 6.81. The van der Waals surface area contributed by atoms with E-state index in [9.17, 15) is 4.79 Å². The molecule has 0 rings (SSSR count). The SMILES string of the molecule is CC(=O)C(C)(C)CN(CCCO)C(C)C. The van der Waals surface area contributed by atoms with Crippen molar-refractivity contribution >= 4 is 5.78 Å². The lowest BCUT2D eigenvalue weighted by Crippen LogP contribution is -2.42. The van der Waals surface area contributed by atoms with Gasteiger partial charge in [-0.15, -0.1) is 0 Å². The third-order valence-corrected chi connectivity index (χ3v) is 2.89. The van der Waals surface area contributed by atoms with Crippen LogP contribution in [0, 0.1) is 5.41 Å². The van der Waals surface area contributed by atoms with E-state index in [4.69, 9.17) is 5.11 Å². The van der Waals surface area contributed by atoms with Crippen molar-refractivity contribution in [2.45, 2.75) is 47.1 Å². The van der Waals surface area contributed by atoms with Crippen molar-refractivity contribution in [3.05, 3.63) is 0 Å². The van der Waals surface area contributed by atoms with Crippen LogP contribution in [0.15, 0.2) is 0 Å². The lowest BCUT2D eigenvalue weighted by Gasteiger charge is -2.33. The molecule has 0 aliphatic carbocycles. The fraction of sp³-hybridized carbons (Fsp3) is 0.917. The minimum Gasteiger partial charge on any atom is -0.396 e. The molecule has 0 bridgehead atoms. The molecule has 3 nitrogen and oxygen atoms in total. The van der Waals surface area contributed by atoms with E-state index in [2.05, 4.69) is 18.7 Å². The van der Waals surface area contributed by atoms with E-state index in [1.165, 1.54) is 0 Å². The Hall–Kier alpha value is -0.410. The number of hydrogen-bond donors (Lipinski definition) is 1. The van der Waals surface area contributed by atoms with Crippen molar-refractivity contribution in [2.24, 2.45) is 5.41 Å². The Morgan fingerprint density at radius 2 is 1.93 bits per heavy atom. The van der Waals surface area contributed by atoms with Crippen LogP contribution in [0.2, 0.25) is 0 Å². The Bertz CT molecular complexity index is 200. The largest absolute Gasteiger partial charge is 0.396 e. The van der Waals surface area contributed by atoms with E-state index in [1.54, 1.807) is 6.92 Å². The standard InChI is InChI=1S/C12H25NO2/c1-10(2)13(7-6-8-14)9-12(4,5)11(3)15/h10,14H,6-9H2,1-5H3. The van der Waals surface area contributed by atoms with Gasteiger partial charge in [0.2, 0.25) is 0 Å². The molecule has 0 amide bonds. The predicted octanol–water partition coefficient (Wildman–Crippen LogP) is 1.69. The molecule has 0 saturated heterocycles. The zero-order valence-electron chi connectivity index (χ0n) is 10.7. The third-order valence-electron chi connectivity index (χ3n) is 2.89. The summed E-state index contributed by atoms with van der Waals surface area (Å²) in [5, 5.41) is 8.81. The Kier molecular flexibility index (Phi) is 6.06. The molecule has 0 saturated carbocycles. The second-order valence-corrected chi connectivity index (χ2v) is 5.08. The average molecular weight is 215 g/mol. The zero-order chi connectivity index (χ0) is 12.1. The molecule has 90 valence electrons. The Morgan fingerprint density at radius 1 is 1.40 bits per heavy atom. The van der Waals surface area contributed by atoms with Crippen LogP contribution in [-0.4, -0.2) is 41.5 Å². The molecule has 1 N–H and O–H groups in total. The van der Waals surface area contributed by atoms with E-state index in [0.717, 1.165) is 19.5 Å². The molecular weight excluding hydrogens is 190 g/mol. The first-order valence-corrected chi connectivity index (χ1v) is 5.67. The summed E-state index contributed by atoms with van der Waals surface area (Å²) in [4.78, 5) is 13.7. The maximum atomic E-state index is 11.4. The number of hydrogen-bond acceptors (Lipinski definition) is 3. The molecular formula is C12H25NO2. The molecule has 0 aromatic carbocycles. The highest BCUT2D eigenvalue weighted by Crippen LogP contribution is 2.19. The van der Waals surface area contributed by atoms with Gasteiger partial charge in [-0.3, -0.25) is 9.69 Å². The Labute approximate surface area is 93.5 Å². The molecule has 0 radical (unpaired) electrons. The fourth-order valence-corrected chi connectivity index (χ4v) is 1.41. The lowest BCUT2D eigenvalue weighted by atomic mass is 9.88. The van der Waals surface area contributed by atoms with Gasteiger partial charge >= 0.3 is 0 Å². The van der Waals surface area contributed by atoms with Crippen LogP contribution < -0.4 is 0 Å². The van der Waals surface area contributed by atoms with Crippen LogP contribution in [0.25, 0.3) is 0 Å². The molecule has 3 heteroatoms. The summed E-state index contributed by atoms with van der Waals surface area (Å²) in [6.07, 6.45) is 0.770. The normalized spacial score (nSPS) is 12.5. The molecule has 0 spiro atoms. The van der Waals surface area contributed by atoms with Crippen molar-refractivity contribution in [3.63, 3.8) is 0 Å². The van der Waals surface area contributed by atoms with Gasteiger partial charge in [0, 0.05) is 31.2 Å². The maximum absolute atomic E-state index is 11.4. The number of carbonyl (C=O) groups is 1. The van der Waals surface area contributed by atoms with Gasteiger partial charge in [-0.25, -0.2) is 0 Å². The van der Waals surface area contributed by atoms with Crippen LogP contribution in [0.5, 0.6) is 0 Å².